The first-order chi connectivity index (χ1) is 10.7. The minimum atomic E-state index is 0.395. The van der Waals surface area contributed by atoms with E-state index in [1.165, 1.54) is 0 Å². The summed E-state index contributed by atoms with van der Waals surface area (Å²) in [6.45, 7) is 6.31. The summed E-state index contributed by atoms with van der Waals surface area (Å²) >= 11 is 0. The minimum Gasteiger partial charge on any atom is -0.381 e. The van der Waals surface area contributed by atoms with E-state index in [4.69, 9.17) is 4.74 Å². The van der Waals surface area contributed by atoms with E-state index in [9.17, 15) is 0 Å². The van der Waals surface area contributed by atoms with Crippen LogP contribution in [-0.2, 0) is 11.2 Å². The number of hydrogen-bond acceptors (Lipinski definition) is 6. The van der Waals surface area contributed by atoms with Gasteiger partial charge < -0.3 is 10.1 Å². The zero-order chi connectivity index (χ0) is 15.4. The van der Waals surface area contributed by atoms with Gasteiger partial charge in [-0.25, -0.2) is 19.9 Å². The van der Waals surface area contributed by atoms with Crippen molar-refractivity contribution in [3.05, 3.63) is 41.4 Å². The molecule has 6 nitrogen and oxygen atoms in total. The zero-order valence-electron chi connectivity index (χ0n) is 13.0. The summed E-state index contributed by atoms with van der Waals surface area (Å²) in [5.41, 5.74) is 3.07. The van der Waals surface area contributed by atoms with E-state index in [0.717, 1.165) is 61.3 Å². The van der Waals surface area contributed by atoms with Gasteiger partial charge in [-0.3, -0.25) is 0 Å². The lowest BCUT2D eigenvalue weighted by atomic mass is 10.1. The van der Waals surface area contributed by atoms with Gasteiger partial charge in [-0.1, -0.05) is 0 Å². The van der Waals surface area contributed by atoms with E-state index in [2.05, 4.69) is 25.3 Å². The fourth-order valence-corrected chi connectivity index (χ4v) is 2.67. The maximum absolute atomic E-state index is 5.42. The second-order valence-electron chi connectivity index (χ2n) is 5.63. The molecule has 116 valence electrons. The van der Waals surface area contributed by atoms with Gasteiger partial charge >= 0.3 is 0 Å². The zero-order valence-corrected chi connectivity index (χ0v) is 13.0. The third-order valence-corrected chi connectivity index (χ3v) is 3.72. The Hall–Kier alpha value is -2.08. The number of rotatable bonds is 5. The van der Waals surface area contributed by atoms with E-state index in [1.54, 1.807) is 6.33 Å². The SMILES string of the molecule is Cc1cc(C)nc(CCNc2cc([C@@H]3CCOC3)ncn2)n1. The average molecular weight is 299 g/mol. The van der Waals surface area contributed by atoms with Crippen LogP contribution in [0.1, 0.15) is 35.2 Å². The molecular formula is C16H21N5O. The van der Waals surface area contributed by atoms with Gasteiger partial charge in [0.25, 0.3) is 0 Å². The molecule has 3 rings (SSSR count). The Balaban J connectivity index is 1.58. The topological polar surface area (TPSA) is 72.8 Å². The molecule has 2 aromatic rings. The second-order valence-corrected chi connectivity index (χ2v) is 5.63. The highest BCUT2D eigenvalue weighted by Crippen LogP contribution is 2.24. The van der Waals surface area contributed by atoms with Crippen molar-refractivity contribution < 1.29 is 4.74 Å². The van der Waals surface area contributed by atoms with E-state index < -0.39 is 0 Å². The summed E-state index contributed by atoms with van der Waals surface area (Å²) in [7, 11) is 0. The van der Waals surface area contributed by atoms with Crippen molar-refractivity contribution in [2.24, 2.45) is 0 Å². The molecule has 0 radical (unpaired) electrons. The minimum absolute atomic E-state index is 0.395. The second kappa shape index (κ2) is 6.79. The molecule has 1 fully saturated rings. The molecular weight excluding hydrogens is 278 g/mol. The highest BCUT2D eigenvalue weighted by atomic mass is 16.5. The molecule has 0 unspecified atom stereocenters. The Kier molecular flexibility index (Phi) is 4.58. The molecule has 0 aromatic carbocycles. The molecule has 1 N–H and O–H groups in total. The van der Waals surface area contributed by atoms with Crippen molar-refractivity contribution in [1.29, 1.82) is 0 Å². The number of ether oxygens (including phenoxy) is 1. The number of aryl methyl sites for hydroxylation is 2. The molecule has 1 aliphatic rings. The molecule has 1 atom stereocenters. The summed E-state index contributed by atoms with van der Waals surface area (Å²) in [5, 5.41) is 3.32. The van der Waals surface area contributed by atoms with Gasteiger partial charge in [0, 0.05) is 42.9 Å². The highest BCUT2D eigenvalue weighted by molar-refractivity contribution is 5.36. The summed E-state index contributed by atoms with van der Waals surface area (Å²) in [6, 6.07) is 4.00. The van der Waals surface area contributed by atoms with Crippen LogP contribution in [0.4, 0.5) is 5.82 Å². The van der Waals surface area contributed by atoms with E-state index in [0.29, 0.717) is 5.92 Å². The Bertz CT molecular complexity index is 620. The van der Waals surface area contributed by atoms with Gasteiger partial charge in [0.05, 0.1) is 12.3 Å². The number of aromatic nitrogens is 4. The lowest BCUT2D eigenvalue weighted by Crippen LogP contribution is -2.11. The van der Waals surface area contributed by atoms with Gasteiger partial charge in [-0.05, 0) is 26.3 Å². The van der Waals surface area contributed by atoms with Crippen molar-refractivity contribution in [1.82, 2.24) is 19.9 Å². The lowest BCUT2D eigenvalue weighted by molar-refractivity contribution is 0.193. The number of nitrogens with one attached hydrogen (secondary N) is 1. The molecule has 2 aromatic heterocycles. The molecule has 1 saturated heterocycles. The predicted molar refractivity (Wildman–Crippen MR) is 83.9 cm³/mol. The standard InChI is InChI=1S/C16H21N5O/c1-11-7-12(2)21-15(20-11)3-5-17-16-8-14(18-10-19-16)13-4-6-22-9-13/h7-8,10,13H,3-6,9H2,1-2H3,(H,17,18,19)/t13-/m1/s1. The average Bonchev–Trinajstić information content (AvgIpc) is 3.01. The Labute approximate surface area is 130 Å². The first-order valence-corrected chi connectivity index (χ1v) is 7.65. The van der Waals surface area contributed by atoms with Crippen LogP contribution in [0, 0.1) is 13.8 Å². The van der Waals surface area contributed by atoms with Crippen molar-refractivity contribution >= 4 is 5.82 Å². The van der Waals surface area contributed by atoms with Crippen molar-refractivity contribution in [2.75, 3.05) is 25.1 Å². The van der Waals surface area contributed by atoms with Crippen LogP contribution in [0.3, 0.4) is 0 Å². The molecule has 0 spiro atoms. The fraction of sp³-hybridized carbons (Fsp3) is 0.500. The van der Waals surface area contributed by atoms with Gasteiger partial charge in [0.15, 0.2) is 0 Å². The smallest absolute Gasteiger partial charge is 0.130 e. The number of nitrogens with zero attached hydrogens (tertiary/aromatic N) is 4. The largest absolute Gasteiger partial charge is 0.381 e. The van der Waals surface area contributed by atoms with Crippen molar-refractivity contribution in [3.8, 4) is 0 Å². The fourth-order valence-electron chi connectivity index (χ4n) is 2.67. The summed E-state index contributed by atoms with van der Waals surface area (Å²) in [5.74, 6) is 2.11. The van der Waals surface area contributed by atoms with Crippen LogP contribution in [-0.4, -0.2) is 39.7 Å². The van der Waals surface area contributed by atoms with E-state index in [-0.39, 0.29) is 0 Å². The molecule has 22 heavy (non-hydrogen) atoms. The van der Waals surface area contributed by atoms with Crippen LogP contribution in [0.2, 0.25) is 0 Å². The molecule has 1 aliphatic heterocycles. The van der Waals surface area contributed by atoms with Crippen LogP contribution < -0.4 is 5.32 Å². The maximum atomic E-state index is 5.42. The molecule has 3 heterocycles. The Morgan fingerprint density at radius 2 is 2.00 bits per heavy atom. The summed E-state index contributed by atoms with van der Waals surface area (Å²) in [6.07, 6.45) is 3.42. The quantitative estimate of drug-likeness (QED) is 0.911. The third kappa shape index (κ3) is 3.76. The number of anilines is 1. The van der Waals surface area contributed by atoms with Crippen LogP contribution >= 0.6 is 0 Å². The molecule has 0 bridgehead atoms. The van der Waals surface area contributed by atoms with Gasteiger partial charge in [-0.2, -0.15) is 0 Å². The molecule has 6 heteroatoms. The van der Waals surface area contributed by atoms with Crippen LogP contribution in [0.5, 0.6) is 0 Å². The highest BCUT2D eigenvalue weighted by Gasteiger charge is 2.19. The normalized spacial score (nSPS) is 17.6. The molecule has 0 saturated carbocycles. The third-order valence-electron chi connectivity index (χ3n) is 3.72. The lowest BCUT2D eigenvalue weighted by Gasteiger charge is -2.10. The van der Waals surface area contributed by atoms with Crippen molar-refractivity contribution in [3.63, 3.8) is 0 Å². The summed E-state index contributed by atoms with van der Waals surface area (Å²) < 4.78 is 5.42. The monoisotopic (exact) mass is 299 g/mol. The summed E-state index contributed by atoms with van der Waals surface area (Å²) in [4.78, 5) is 17.5. The first-order valence-electron chi connectivity index (χ1n) is 7.65. The molecule has 0 aliphatic carbocycles. The predicted octanol–water partition coefficient (Wildman–Crippen LogP) is 2.04. The number of hydrogen-bond donors (Lipinski definition) is 1. The maximum Gasteiger partial charge on any atom is 0.130 e. The molecule has 0 amide bonds. The first kappa shape index (κ1) is 14.8. The van der Waals surface area contributed by atoms with E-state index >= 15 is 0 Å². The van der Waals surface area contributed by atoms with Crippen LogP contribution in [0.25, 0.3) is 0 Å². The van der Waals surface area contributed by atoms with Crippen LogP contribution in [0.15, 0.2) is 18.5 Å². The van der Waals surface area contributed by atoms with Gasteiger partial charge in [-0.15, -0.1) is 0 Å². The van der Waals surface area contributed by atoms with Gasteiger partial charge in [0.1, 0.15) is 18.0 Å². The Morgan fingerprint density at radius 1 is 1.18 bits per heavy atom. The Morgan fingerprint density at radius 3 is 2.73 bits per heavy atom. The van der Waals surface area contributed by atoms with Crippen molar-refractivity contribution in [2.45, 2.75) is 32.6 Å². The van der Waals surface area contributed by atoms with E-state index in [1.807, 2.05) is 26.0 Å². The van der Waals surface area contributed by atoms with Gasteiger partial charge in [0.2, 0.25) is 0 Å².